The van der Waals surface area contributed by atoms with Crippen LogP contribution in [0, 0.1) is 0 Å². The third kappa shape index (κ3) is 3.28. The van der Waals surface area contributed by atoms with E-state index in [0.717, 1.165) is 25.3 Å². The number of hydrogen-bond donors (Lipinski definition) is 1. The quantitative estimate of drug-likeness (QED) is 0.799. The van der Waals surface area contributed by atoms with Crippen LogP contribution in [0.4, 0.5) is 0 Å². The van der Waals surface area contributed by atoms with Gasteiger partial charge in [0.25, 0.3) is 0 Å². The van der Waals surface area contributed by atoms with Crippen molar-refractivity contribution in [3.05, 3.63) is 11.8 Å². The zero-order valence-electron chi connectivity index (χ0n) is 10.1. The number of nitrogens with zero attached hydrogens (tertiary/aromatic N) is 2. The van der Waals surface area contributed by atoms with Crippen LogP contribution in [-0.4, -0.2) is 50.0 Å². The van der Waals surface area contributed by atoms with Gasteiger partial charge in [-0.15, -0.1) is 0 Å². The molecule has 1 fully saturated rings. The summed E-state index contributed by atoms with van der Waals surface area (Å²) >= 11 is 0. The molecule has 6 nitrogen and oxygen atoms in total. The Morgan fingerprint density at radius 2 is 2.29 bits per heavy atom. The second-order valence-corrected chi connectivity index (χ2v) is 3.82. The zero-order chi connectivity index (χ0) is 12.1. The van der Waals surface area contributed by atoms with E-state index in [-0.39, 0.29) is 6.04 Å². The third-order valence-corrected chi connectivity index (χ3v) is 2.58. The van der Waals surface area contributed by atoms with Crippen molar-refractivity contribution in [3.8, 4) is 11.9 Å². The van der Waals surface area contributed by atoms with E-state index in [2.05, 4.69) is 15.3 Å². The summed E-state index contributed by atoms with van der Waals surface area (Å²) in [4.78, 5) is 8.34. The minimum atomic E-state index is 0.285. The fraction of sp³-hybridized carbons (Fsp3) is 0.636. The number of aromatic nitrogens is 2. The fourth-order valence-corrected chi connectivity index (χ4v) is 1.75. The zero-order valence-corrected chi connectivity index (χ0v) is 10.1. The lowest BCUT2D eigenvalue weighted by Gasteiger charge is -2.23. The first-order valence-corrected chi connectivity index (χ1v) is 5.59. The van der Waals surface area contributed by atoms with E-state index >= 15 is 0 Å². The summed E-state index contributed by atoms with van der Waals surface area (Å²) in [5, 5.41) is 3.38. The maximum Gasteiger partial charge on any atom is 0.319 e. The van der Waals surface area contributed by atoms with Gasteiger partial charge in [-0.05, 0) is 0 Å². The molecular formula is C11H17N3O3. The summed E-state index contributed by atoms with van der Waals surface area (Å²) in [5.41, 5.74) is 0.886. The van der Waals surface area contributed by atoms with Crippen molar-refractivity contribution < 1.29 is 14.2 Å². The predicted molar refractivity (Wildman–Crippen MR) is 61.4 cm³/mol. The predicted octanol–water partition coefficient (Wildman–Crippen LogP) is 0.0247. The molecule has 0 aromatic carbocycles. The topological polar surface area (TPSA) is 65.5 Å². The summed E-state index contributed by atoms with van der Waals surface area (Å²) in [6.07, 6.45) is 0.773. The highest BCUT2D eigenvalue weighted by atomic mass is 16.5. The van der Waals surface area contributed by atoms with Gasteiger partial charge >= 0.3 is 6.01 Å². The first-order chi connectivity index (χ1) is 8.31. The van der Waals surface area contributed by atoms with Crippen molar-refractivity contribution in [2.75, 3.05) is 34.0 Å². The fourth-order valence-electron chi connectivity index (χ4n) is 1.75. The van der Waals surface area contributed by atoms with E-state index in [0.29, 0.717) is 18.5 Å². The normalized spacial score (nSPS) is 20.0. The summed E-state index contributed by atoms with van der Waals surface area (Å²) in [6, 6.07) is 2.43. The van der Waals surface area contributed by atoms with Crippen LogP contribution in [0.5, 0.6) is 11.9 Å². The highest BCUT2D eigenvalue weighted by molar-refractivity contribution is 5.19. The van der Waals surface area contributed by atoms with Crippen molar-refractivity contribution in [1.29, 1.82) is 0 Å². The van der Waals surface area contributed by atoms with Gasteiger partial charge in [-0.3, -0.25) is 0 Å². The number of hydrogen-bond acceptors (Lipinski definition) is 6. The van der Waals surface area contributed by atoms with Crippen molar-refractivity contribution in [1.82, 2.24) is 15.3 Å². The van der Waals surface area contributed by atoms with Gasteiger partial charge in [-0.1, -0.05) is 0 Å². The first kappa shape index (κ1) is 12.1. The first-order valence-electron chi connectivity index (χ1n) is 5.59. The van der Waals surface area contributed by atoms with Gasteiger partial charge in [-0.25, -0.2) is 0 Å². The molecule has 2 rings (SSSR count). The number of rotatable bonds is 4. The van der Waals surface area contributed by atoms with Gasteiger partial charge in [0, 0.05) is 25.1 Å². The maximum absolute atomic E-state index is 5.40. The molecule has 0 spiro atoms. The van der Waals surface area contributed by atoms with Crippen molar-refractivity contribution in [2.24, 2.45) is 0 Å². The molecule has 94 valence electrons. The second kappa shape index (κ2) is 5.79. The average Bonchev–Trinajstić information content (AvgIpc) is 2.39. The summed E-state index contributed by atoms with van der Waals surface area (Å²) in [7, 11) is 3.12. The lowest BCUT2D eigenvalue weighted by Crippen LogP contribution is -2.42. The maximum atomic E-state index is 5.40. The Morgan fingerprint density at radius 3 is 2.94 bits per heavy atom. The molecule has 1 aliphatic heterocycles. The van der Waals surface area contributed by atoms with Gasteiger partial charge in [0.15, 0.2) is 0 Å². The van der Waals surface area contributed by atoms with E-state index in [1.54, 1.807) is 14.2 Å². The molecule has 1 saturated heterocycles. The molecule has 1 N–H and O–H groups in total. The van der Waals surface area contributed by atoms with Gasteiger partial charge in [0.1, 0.15) is 0 Å². The van der Waals surface area contributed by atoms with Gasteiger partial charge in [-0.2, -0.15) is 9.97 Å². The lowest BCUT2D eigenvalue weighted by molar-refractivity contribution is 0.0766. The van der Waals surface area contributed by atoms with Crippen molar-refractivity contribution in [3.63, 3.8) is 0 Å². The van der Waals surface area contributed by atoms with Crippen molar-refractivity contribution >= 4 is 0 Å². The highest BCUT2D eigenvalue weighted by Crippen LogP contribution is 2.15. The Hall–Kier alpha value is -1.40. The monoisotopic (exact) mass is 239 g/mol. The minimum Gasteiger partial charge on any atom is -0.481 e. The molecule has 0 saturated carbocycles. The molecule has 17 heavy (non-hydrogen) atoms. The minimum absolute atomic E-state index is 0.285. The van der Waals surface area contributed by atoms with Gasteiger partial charge in [0.2, 0.25) is 5.88 Å². The van der Waals surface area contributed by atoms with Crippen LogP contribution in [-0.2, 0) is 11.2 Å². The molecule has 2 heterocycles. The van der Waals surface area contributed by atoms with Crippen LogP contribution < -0.4 is 14.8 Å². The summed E-state index contributed by atoms with van der Waals surface area (Å²) in [6.45, 7) is 2.35. The number of nitrogens with one attached hydrogen (secondary N) is 1. The molecule has 1 atom stereocenters. The standard InChI is InChI=1S/C11H17N3O3/c1-15-10-6-8(13-11(14-10)16-2)5-9-7-17-4-3-12-9/h6,9,12H,3-5,7H2,1-2H3. The Morgan fingerprint density at radius 1 is 1.41 bits per heavy atom. The summed E-state index contributed by atoms with van der Waals surface area (Å²) < 4.78 is 15.5. The van der Waals surface area contributed by atoms with Gasteiger partial charge < -0.3 is 19.5 Å². The molecule has 0 radical (unpaired) electrons. The van der Waals surface area contributed by atoms with E-state index in [1.807, 2.05) is 6.07 Å². The van der Waals surface area contributed by atoms with Crippen LogP contribution in [0.15, 0.2) is 6.07 Å². The molecule has 6 heteroatoms. The third-order valence-electron chi connectivity index (χ3n) is 2.58. The Kier molecular flexibility index (Phi) is 4.11. The Labute approximate surface area is 100 Å². The van der Waals surface area contributed by atoms with Crippen LogP contribution in [0.1, 0.15) is 5.69 Å². The number of ether oxygens (including phenoxy) is 3. The molecular weight excluding hydrogens is 222 g/mol. The molecule has 1 aliphatic rings. The van der Waals surface area contributed by atoms with Gasteiger partial charge in [0.05, 0.1) is 33.1 Å². The molecule has 1 aromatic heterocycles. The SMILES string of the molecule is COc1cc(CC2COCCN2)nc(OC)n1. The Balaban J connectivity index is 2.07. The smallest absolute Gasteiger partial charge is 0.319 e. The van der Waals surface area contributed by atoms with Crippen LogP contribution in [0.3, 0.4) is 0 Å². The largest absolute Gasteiger partial charge is 0.481 e. The Bertz CT molecular complexity index is 345. The summed E-state index contributed by atoms with van der Waals surface area (Å²) in [5.74, 6) is 0.517. The van der Waals surface area contributed by atoms with E-state index < -0.39 is 0 Å². The van der Waals surface area contributed by atoms with E-state index in [1.165, 1.54) is 0 Å². The number of morpholine rings is 1. The highest BCUT2D eigenvalue weighted by Gasteiger charge is 2.15. The van der Waals surface area contributed by atoms with E-state index in [4.69, 9.17) is 14.2 Å². The molecule has 0 amide bonds. The second-order valence-electron chi connectivity index (χ2n) is 3.82. The molecule has 0 bridgehead atoms. The van der Waals surface area contributed by atoms with Crippen LogP contribution in [0.2, 0.25) is 0 Å². The lowest BCUT2D eigenvalue weighted by atomic mass is 10.1. The van der Waals surface area contributed by atoms with Crippen molar-refractivity contribution in [2.45, 2.75) is 12.5 Å². The molecule has 0 aliphatic carbocycles. The molecule has 1 aromatic rings. The van der Waals surface area contributed by atoms with Crippen LogP contribution in [0.25, 0.3) is 0 Å². The van der Waals surface area contributed by atoms with E-state index in [9.17, 15) is 0 Å². The van der Waals surface area contributed by atoms with Crippen LogP contribution >= 0.6 is 0 Å². The number of methoxy groups -OCH3 is 2. The average molecular weight is 239 g/mol. The molecule has 1 unspecified atom stereocenters.